The van der Waals surface area contributed by atoms with Gasteiger partial charge >= 0.3 is 0 Å². The zero-order valence-corrected chi connectivity index (χ0v) is 15.2. The Balaban J connectivity index is 1.63. The molecule has 140 valence electrons. The van der Waals surface area contributed by atoms with Gasteiger partial charge in [-0.15, -0.1) is 0 Å². The molecule has 2 aromatic rings. The summed E-state index contributed by atoms with van der Waals surface area (Å²) in [6.45, 7) is 3.60. The third-order valence-electron chi connectivity index (χ3n) is 4.10. The van der Waals surface area contributed by atoms with Gasteiger partial charge in [0, 0.05) is 30.7 Å². The maximum absolute atomic E-state index is 12.4. The average molecular weight is 379 g/mol. The van der Waals surface area contributed by atoms with E-state index in [1.807, 2.05) is 0 Å². The van der Waals surface area contributed by atoms with Crippen molar-refractivity contribution in [2.75, 3.05) is 19.8 Å². The Morgan fingerprint density at radius 3 is 2.88 bits per heavy atom. The van der Waals surface area contributed by atoms with Gasteiger partial charge in [0.1, 0.15) is 5.76 Å². The van der Waals surface area contributed by atoms with Crippen LogP contribution in [0.15, 0.2) is 39.8 Å². The first-order valence-corrected chi connectivity index (χ1v) is 9.80. The molecular formula is C17H21N3O5S. The van der Waals surface area contributed by atoms with Crippen LogP contribution in [-0.2, 0) is 21.3 Å². The zero-order chi connectivity index (χ0) is 18.6. The molecule has 1 atom stereocenters. The van der Waals surface area contributed by atoms with E-state index in [0.29, 0.717) is 42.7 Å². The van der Waals surface area contributed by atoms with Crippen molar-refractivity contribution >= 4 is 15.9 Å². The van der Waals surface area contributed by atoms with E-state index >= 15 is 0 Å². The number of sulfonamides is 1. The summed E-state index contributed by atoms with van der Waals surface area (Å²) in [5.74, 6) is 0.602. The van der Waals surface area contributed by atoms with E-state index in [4.69, 9.17) is 9.26 Å². The molecule has 0 bridgehead atoms. The lowest BCUT2D eigenvalue weighted by Crippen LogP contribution is -2.30. The van der Waals surface area contributed by atoms with Crippen LogP contribution in [0.5, 0.6) is 0 Å². The van der Waals surface area contributed by atoms with Crippen LogP contribution >= 0.6 is 0 Å². The Bertz CT molecular complexity index is 872. The number of aromatic nitrogens is 1. The van der Waals surface area contributed by atoms with Crippen molar-refractivity contribution in [1.82, 2.24) is 15.2 Å². The number of carbonyl (C=O) groups excluding carboxylic acids is 1. The van der Waals surface area contributed by atoms with Gasteiger partial charge in [-0.1, -0.05) is 11.2 Å². The molecule has 0 unspecified atom stereocenters. The van der Waals surface area contributed by atoms with Gasteiger partial charge in [-0.05, 0) is 31.5 Å². The quantitative estimate of drug-likeness (QED) is 0.749. The van der Waals surface area contributed by atoms with Crippen molar-refractivity contribution in [3.63, 3.8) is 0 Å². The van der Waals surface area contributed by atoms with Crippen molar-refractivity contribution in [3.8, 4) is 0 Å². The molecule has 1 aliphatic heterocycles. The summed E-state index contributed by atoms with van der Waals surface area (Å²) in [6.07, 6.45) is 0.917. The van der Waals surface area contributed by atoms with Crippen LogP contribution in [0.4, 0.5) is 0 Å². The second kappa shape index (κ2) is 7.98. The fraction of sp³-hybridized carbons (Fsp3) is 0.412. The highest BCUT2D eigenvalue weighted by molar-refractivity contribution is 7.89. The fourth-order valence-electron chi connectivity index (χ4n) is 2.64. The largest absolute Gasteiger partial charge is 0.381 e. The molecule has 0 spiro atoms. The van der Waals surface area contributed by atoms with E-state index in [1.165, 1.54) is 12.1 Å². The summed E-state index contributed by atoms with van der Waals surface area (Å²) in [7, 11) is -3.77. The maximum atomic E-state index is 12.4. The molecule has 8 nitrogen and oxygen atoms in total. The molecule has 1 saturated heterocycles. The third kappa shape index (κ3) is 4.69. The molecule has 2 N–H and O–H groups in total. The minimum Gasteiger partial charge on any atom is -0.381 e. The normalized spacial score (nSPS) is 17.3. The highest BCUT2D eigenvalue weighted by Crippen LogP contribution is 2.14. The summed E-state index contributed by atoms with van der Waals surface area (Å²) >= 11 is 0. The molecule has 1 aromatic heterocycles. The van der Waals surface area contributed by atoms with E-state index in [1.54, 1.807) is 25.1 Å². The molecule has 0 saturated carbocycles. The van der Waals surface area contributed by atoms with Gasteiger partial charge in [0.2, 0.25) is 10.0 Å². The first kappa shape index (κ1) is 18.6. The molecule has 0 radical (unpaired) electrons. The van der Waals surface area contributed by atoms with Crippen LogP contribution in [0.1, 0.15) is 28.2 Å². The van der Waals surface area contributed by atoms with Crippen LogP contribution in [0.2, 0.25) is 0 Å². The number of carbonyl (C=O) groups is 1. The topological polar surface area (TPSA) is 111 Å². The van der Waals surface area contributed by atoms with Gasteiger partial charge in [0.05, 0.1) is 23.7 Å². The number of benzene rings is 1. The number of nitrogens with one attached hydrogen (secondary N) is 2. The lowest BCUT2D eigenvalue weighted by atomic mass is 10.1. The summed E-state index contributed by atoms with van der Waals surface area (Å²) in [5.41, 5.74) is 0.780. The number of nitrogens with zero attached hydrogens (tertiary/aromatic N) is 1. The van der Waals surface area contributed by atoms with Gasteiger partial charge < -0.3 is 14.6 Å². The second-order valence-corrected chi connectivity index (χ2v) is 7.99. The first-order chi connectivity index (χ1) is 12.4. The Hall–Kier alpha value is -2.23. The summed E-state index contributed by atoms with van der Waals surface area (Å²) in [5, 5.41) is 6.57. The van der Waals surface area contributed by atoms with E-state index in [9.17, 15) is 13.2 Å². The minimum atomic E-state index is -3.77. The Labute approximate surface area is 152 Å². The summed E-state index contributed by atoms with van der Waals surface area (Å²) in [6, 6.07) is 7.58. The molecule has 2 heterocycles. The fourth-order valence-corrected chi connectivity index (χ4v) is 3.69. The van der Waals surface area contributed by atoms with Gasteiger partial charge in [-0.3, -0.25) is 4.79 Å². The maximum Gasteiger partial charge on any atom is 0.251 e. The van der Waals surface area contributed by atoms with Crippen molar-refractivity contribution in [2.24, 2.45) is 5.92 Å². The molecule has 0 aliphatic carbocycles. The lowest BCUT2D eigenvalue weighted by Gasteiger charge is -2.10. The Kier molecular flexibility index (Phi) is 5.70. The van der Waals surface area contributed by atoms with E-state index in [-0.39, 0.29) is 17.3 Å². The van der Waals surface area contributed by atoms with Gasteiger partial charge in [-0.2, -0.15) is 0 Å². The molecule has 1 amide bonds. The van der Waals surface area contributed by atoms with E-state index in [0.717, 1.165) is 6.42 Å². The molecular weight excluding hydrogens is 358 g/mol. The van der Waals surface area contributed by atoms with Crippen LogP contribution in [0, 0.1) is 12.8 Å². The number of hydrogen-bond donors (Lipinski definition) is 2. The number of rotatable bonds is 7. The second-order valence-electron chi connectivity index (χ2n) is 6.22. The number of ether oxygens (including phenoxy) is 1. The molecule has 1 aromatic carbocycles. The van der Waals surface area contributed by atoms with Crippen molar-refractivity contribution in [3.05, 3.63) is 47.3 Å². The lowest BCUT2D eigenvalue weighted by molar-refractivity contribution is 0.0944. The van der Waals surface area contributed by atoms with Gasteiger partial charge in [0.15, 0.2) is 0 Å². The van der Waals surface area contributed by atoms with Crippen molar-refractivity contribution in [2.45, 2.75) is 24.8 Å². The minimum absolute atomic E-state index is 0.0117. The van der Waals surface area contributed by atoms with E-state index in [2.05, 4.69) is 15.2 Å². The van der Waals surface area contributed by atoms with Gasteiger partial charge in [-0.25, -0.2) is 13.1 Å². The van der Waals surface area contributed by atoms with Gasteiger partial charge in [0.25, 0.3) is 5.91 Å². The van der Waals surface area contributed by atoms with Crippen LogP contribution < -0.4 is 10.0 Å². The van der Waals surface area contributed by atoms with Crippen molar-refractivity contribution < 1.29 is 22.5 Å². The van der Waals surface area contributed by atoms with E-state index < -0.39 is 10.0 Å². The smallest absolute Gasteiger partial charge is 0.251 e. The predicted molar refractivity (Wildman–Crippen MR) is 93.0 cm³/mol. The third-order valence-corrected chi connectivity index (χ3v) is 5.50. The highest BCUT2D eigenvalue weighted by atomic mass is 32.2. The monoisotopic (exact) mass is 379 g/mol. The number of aryl methyl sites for hydroxylation is 1. The first-order valence-electron chi connectivity index (χ1n) is 8.32. The average Bonchev–Trinajstić information content (AvgIpc) is 3.29. The number of hydrogen-bond acceptors (Lipinski definition) is 6. The predicted octanol–water partition coefficient (Wildman–Crippen LogP) is 1.23. The van der Waals surface area contributed by atoms with Crippen LogP contribution in [0.25, 0.3) is 0 Å². The molecule has 1 fully saturated rings. The van der Waals surface area contributed by atoms with Crippen LogP contribution in [-0.4, -0.2) is 39.2 Å². The van der Waals surface area contributed by atoms with Crippen molar-refractivity contribution in [1.29, 1.82) is 0 Å². The Morgan fingerprint density at radius 2 is 2.19 bits per heavy atom. The zero-order valence-electron chi connectivity index (χ0n) is 14.4. The number of amides is 1. The highest BCUT2D eigenvalue weighted by Gasteiger charge is 2.19. The summed E-state index contributed by atoms with van der Waals surface area (Å²) < 4.78 is 37.5. The summed E-state index contributed by atoms with van der Waals surface area (Å²) in [4.78, 5) is 12.3. The SMILES string of the molecule is Cc1cc(CNS(=O)(=O)c2cccc(C(=O)NC[C@@H]3CCOC3)c2)no1. The molecule has 9 heteroatoms. The molecule has 1 aliphatic rings. The Morgan fingerprint density at radius 1 is 1.35 bits per heavy atom. The van der Waals surface area contributed by atoms with Crippen LogP contribution in [0.3, 0.4) is 0 Å². The molecule has 3 rings (SSSR count). The standard InChI is InChI=1S/C17H21N3O5S/c1-12-7-15(20-25-12)10-19-26(22,23)16-4-2-3-14(8-16)17(21)18-9-13-5-6-24-11-13/h2-4,7-8,13,19H,5-6,9-11H2,1H3,(H,18,21)/t13-/m0/s1. The molecule has 26 heavy (non-hydrogen) atoms.